The minimum atomic E-state index is -0.493. The van der Waals surface area contributed by atoms with Gasteiger partial charge >= 0.3 is 0 Å². The summed E-state index contributed by atoms with van der Waals surface area (Å²) < 4.78 is 27.5. The maximum Gasteiger partial charge on any atom is 0.262 e. The second-order valence-electron chi connectivity index (χ2n) is 6.94. The zero-order valence-corrected chi connectivity index (χ0v) is 19.1. The summed E-state index contributed by atoms with van der Waals surface area (Å²) in [6.07, 6.45) is 3.02. The van der Waals surface area contributed by atoms with Crippen molar-refractivity contribution in [3.8, 4) is 29.1 Å². The number of ether oxygens (including phenoxy) is 4. The lowest BCUT2D eigenvalue weighted by Crippen LogP contribution is -2.23. The van der Waals surface area contributed by atoms with Gasteiger partial charge in [-0.3, -0.25) is 4.79 Å². The third-order valence-corrected chi connectivity index (χ3v) is 4.62. The van der Waals surface area contributed by atoms with Crippen LogP contribution in [0, 0.1) is 11.3 Å². The van der Waals surface area contributed by atoms with Gasteiger partial charge in [-0.15, -0.1) is 0 Å². The largest absolute Gasteiger partial charge is 0.497 e. The SMILES string of the molecule is CCOc1cc(C=C(C#N)C(=O)NCc2ccco2)ccc1OCCOc1ccc(OC)cc1. The number of nitrogens with zero attached hydrogens (tertiary/aromatic N) is 1. The van der Waals surface area contributed by atoms with Crippen LogP contribution >= 0.6 is 0 Å². The molecule has 0 spiro atoms. The second kappa shape index (κ2) is 12.6. The highest BCUT2D eigenvalue weighted by Crippen LogP contribution is 2.29. The molecule has 0 bridgehead atoms. The topological polar surface area (TPSA) is 103 Å². The van der Waals surface area contributed by atoms with Crippen molar-refractivity contribution in [2.75, 3.05) is 26.9 Å². The standard InChI is InChI=1S/C26H26N2O6/c1-3-31-25-16-19(15-20(17-27)26(29)28-18-23-5-4-12-32-23)6-11-24(25)34-14-13-33-22-9-7-21(30-2)8-10-22/h4-12,15-16H,3,13-14,18H2,1-2H3,(H,28,29). The van der Waals surface area contributed by atoms with Gasteiger partial charge in [-0.2, -0.15) is 5.26 Å². The van der Waals surface area contributed by atoms with E-state index in [9.17, 15) is 10.1 Å². The fourth-order valence-electron chi connectivity index (χ4n) is 2.98. The zero-order valence-electron chi connectivity index (χ0n) is 19.1. The number of methoxy groups -OCH3 is 1. The third-order valence-electron chi connectivity index (χ3n) is 4.62. The molecule has 0 aliphatic heterocycles. The van der Waals surface area contributed by atoms with Crippen LogP contribution in [-0.2, 0) is 11.3 Å². The Morgan fingerprint density at radius 2 is 1.79 bits per heavy atom. The van der Waals surface area contributed by atoms with E-state index in [0.29, 0.717) is 48.4 Å². The van der Waals surface area contributed by atoms with E-state index in [1.54, 1.807) is 37.4 Å². The summed E-state index contributed by atoms with van der Waals surface area (Å²) in [5, 5.41) is 12.1. The smallest absolute Gasteiger partial charge is 0.262 e. The minimum Gasteiger partial charge on any atom is -0.497 e. The highest BCUT2D eigenvalue weighted by atomic mass is 16.5. The van der Waals surface area contributed by atoms with Gasteiger partial charge < -0.3 is 28.7 Å². The van der Waals surface area contributed by atoms with Crippen molar-refractivity contribution in [1.29, 1.82) is 5.26 Å². The summed E-state index contributed by atoms with van der Waals surface area (Å²) in [5.74, 6) is 2.62. The third kappa shape index (κ3) is 7.07. The summed E-state index contributed by atoms with van der Waals surface area (Å²) in [7, 11) is 1.61. The average Bonchev–Trinajstić information content (AvgIpc) is 3.39. The van der Waals surface area contributed by atoms with Crippen molar-refractivity contribution in [3.05, 3.63) is 77.8 Å². The van der Waals surface area contributed by atoms with Crippen LogP contribution in [-0.4, -0.2) is 32.8 Å². The Kier molecular flexibility index (Phi) is 9.00. The van der Waals surface area contributed by atoms with Gasteiger partial charge in [-0.05, 0) is 67.1 Å². The van der Waals surface area contributed by atoms with Crippen LogP contribution in [0.15, 0.2) is 70.9 Å². The summed E-state index contributed by atoms with van der Waals surface area (Å²) in [6.45, 7) is 3.14. The predicted octanol–water partition coefficient (Wildman–Crippen LogP) is 4.37. The number of carbonyl (C=O) groups is 1. The first kappa shape index (κ1) is 24.3. The van der Waals surface area contributed by atoms with Crippen LogP contribution in [0.4, 0.5) is 0 Å². The first-order valence-electron chi connectivity index (χ1n) is 10.7. The van der Waals surface area contributed by atoms with E-state index >= 15 is 0 Å². The number of nitriles is 1. The van der Waals surface area contributed by atoms with Gasteiger partial charge in [-0.1, -0.05) is 6.07 Å². The number of hydrogen-bond acceptors (Lipinski definition) is 7. The molecule has 0 saturated heterocycles. The fraction of sp³-hybridized carbons (Fsp3) is 0.231. The quantitative estimate of drug-likeness (QED) is 0.242. The van der Waals surface area contributed by atoms with Gasteiger partial charge in [0.1, 0.15) is 42.1 Å². The Labute approximate surface area is 198 Å². The normalized spacial score (nSPS) is 10.8. The van der Waals surface area contributed by atoms with Crippen molar-refractivity contribution in [2.45, 2.75) is 13.5 Å². The number of carbonyl (C=O) groups excluding carboxylic acids is 1. The second-order valence-corrected chi connectivity index (χ2v) is 6.94. The molecule has 1 amide bonds. The molecule has 0 fully saturated rings. The van der Waals surface area contributed by atoms with Crippen molar-refractivity contribution >= 4 is 12.0 Å². The number of amides is 1. The average molecular weight is 463 g/mol. The van der Waals surface area contributed by atoms with E-state index < -0.39 is 5.91 Å². The predicted molar refractivity (Wildman–Crippen MR) is 126 cm³/mol. The van der Waals surface area contributed by atoms with Crippen LogP contribution in [0.5, 0.6) is 23.0 Å². The highest BCUT2D eigenvalue weighted by Gasteiger charge is 2.12. The molecule has 3 rings (SSSR count). The van der Waals surface area contributed by atoms with Crippen molar-refractivity contribution < 1.29 is 28.2 Å². The number of furan rings is 1. The first-order valence-corrected chi connectivity index (χ1v) is 10.7. The van der Waals surface area contributed by atoms with Gasteiger partial charge in [0, 0.05) is 0 Å². The maximum atomic E-state index is 12.4. The van der Waals surface area contributed by atoms with E-state index in [1.165, 1.54) is 12.3 Å². The molecule has 0 aliphatic rings. The lowest BCUT2D eigenvalue weighted by molar-refractivity contribution is -0.117. The zero-order chi connectivity index (χ0) is 24.2. The summed E-state index contributed by atoms with van der Waals surface area (Å²) in [5.41, 5.74) is 0.602. The van der Waals surface area contributed by atoms with E-state index in [-0.39, 0.29) is 12.1 Å². The molecule has 0 radical (unpaired) electrons. The van der Waals surface area contributed by atoms with Crippen molar-refractivity contribution in [3.63, 3.8) is 0 Å². The van der Waals surface area contributed by atoms with Crippen LogP contribution in [0.1, 0.15) is 18.2 Å². The van der Waals surface area contributed by atoms with Crippen LogP contribution < -0.4 is 24.3 Å². The fourth-order valence-corrected chi connectivity index (χ4v) is 2.98. The number of benzene rings is 2. The number of hydrogen-bond donors (Lipinski definition) is 1. The monoisotopic (exact) mass is 462 g/mol. The van der Waals surface area contributed by atoms with Crippen LogP contribution in [0.3, 0.4) is 0 Å². The van der Waals surface area contributed by atoms with Gasteiger partial charge in [0.15, 0.2) is 11.5 Å². The number of rotatable bonds is 12. The van der Waals surface area contributed by atoms with Gasteiger partial charge in [-0.25, -0.2) is 0 Å². The minimum absolute atomic E-state index is 0.0319. The molecule has 1 heterocycles. The summed E-state index contributed by atoms with van der Waals surface area (Å²) >= 11 is 0. The lowest BCUT2D eigenvalue weighted by atomic mass is 10.1. The van der Waals surface area contributed by atoms with Gasteiger partial charge in [0.05, 0.1) is 26.5 Å². The Bertz CT molecular complexity index is 1130. The van der Waals surface area contributed by atoms with Gasteiger partial charge in [0.2, 0.25) is 0 Å². The Hall–Kier alpha value is -4.38. The Balaban J connectivity index is 1.60. The highest BCUT2D eigenvalue weighted by molar-refractivity contribution is 6.01. The molecule has 0 aliphatic carbocycles. The molecule has 34 heavy (non-hydrogen) atoms. The Morgan fingerprint density at radius 1 is 1.03 bits per heavy atom. The molecule has 3 aromatic rings. The van der Waals surface area contributed by atoms with Crippen molar-refractivity contribution in [2.24, 2.45) is 0 Å². The molecule has 8 heteroatoms. The van der Waals surface area contributed by atoms with E-state index in [2.05, 4.69) is 5.32 Å². The molecular weight excluding hydrogens is 436 g/mol. The molecule has 0 saturated carbocycles. The molecule has 0 atom stereocenters. The van der Waals surface area contributed by atoms with E-state index in [0.717, 1.165) is 5.75 Å². The van der Waals surface area contributed by atoms with Crippen LogP contribution in [0.25, 0.3) is 6.08 Å². The molecular formula is C26H26N2O6. The number of nitrogens with one attached hydrogen (secondary N) is 1. The molecule has 8 nitrogen and oxygen atoms in total. The van der Waals surface area contributed by atoms with E-state index in [4.69, 9.17) is 23.4 Å². The molecule has 1 N–H and O–H groups in total. The molecule has 0 unspecified atom stereocenters. The first-order chi connectivity index (χ1) is 16.6. The molecule has 176 valence electrons. The maximum absolute atomic E-state index is 12.4. The lowest BCUT2D eigenvalue weighted by Gasteiger charge is -2.13. The van der Waals surface area contributed by atoms with Gasteiger partial charge in [0.25, 0.3) is 5.91 Å². The van der Waals surface area contributed by atoms with Crippen molar-refractivity contribution in [1.82, 2.24) is 5.32 Å². The molecule has 2 aromatic carbocycles. The summed E-state index contributed by atoms with van der Waals surface area (Å²) in [4.78, 5) is 12.4. The Morgan fingerprint density at radius 3 is 2.47 bits per heavy atom. The van der Waals surface area contributed by atoms with Crippen LogP contribution in [0.2, 0.25) is 0 Å². The molecule has 1 aromatic heterocycles. The summed E-state index contributed by atoms with van der Waals surface area (Å²) in [6, 6.07) is 17.9. The van der Waals surface area contributed by atoms with E-state index in [1.807, 2.05) is 37.3 Å².